The molecule has 8 N–H and O–H groups in total. The summed E-state index contributed by atoms with van der Waals surface area (Å²) in [6, 6.07) is 26.9. The van der Waals surface area contributed by atoms with Gasteiger partial charge in [0.15, 0.2) is 0 Å². The van der Waals surface area contributed by atoms with Crippen molar-refractivity contribution >= 4 is 97.3 Å². The number of aromatic hydroxyl groups is 2. The van der Waals surface area contributed by atoms with E-state index in [0.29, 0.717) is 36.0 Å². The maximum absolute atomic E-state index is 12.6. The number of ketones is 2. The van der Waals surface area contributed by atoms with E-state index in [1.807, 2.05) is 24.3 Å². The van der Waals surface area contributed by atoms with Crippen LogP contribution in [0, 0.1) is 20.2 Å². The van der Waals surface area contributed by atoms with E-state index in [-0.39, 0.29) is 91.4 Å². The summed E-state index contributed by atoms with van der Waals surface area (Å²) in [5, 5.41) is 71.4. The molecule has 82 heavy (non-hydrogen) atoms. The molecule has 0 amide bonds. The number of carbonyl (C=O) groups is 2. The van der Waals surface area contributed by atoms with Crippen LogP contribution in [-0.2, 0) is 47.2 Å². The molecule has 0 radical (unpaired) electrons. The number of allylic oxidation sites excluding steroid dienone is 2. The first-order valence-corrected chi connectivity index (χ1v) is 28.6. The van der Waals surface area contributed by atoms with Gasteiger partial charge in [0.05, 0.1) is 23.1 Å². The minimum Gasteiger partial charge on any atom is -0.506 e. The van der Waals surface area contributed by atoms with Gasteiger partial charge < -0.3 is 20.4 Å². The van der Waals surface area contributed by atoms with E-state index >= 15 is 0 Å². The zero-order chi connectivity index (χ0) is 58.9. The molecule has 0 aromatic heterocycles. The number of phenolic OH excluding ortho intramolecular Hbond substituents is 2. The Morgan fingerprint density at radius 1 is 0.537 bits per heavy atom. The zero-order valence-corrected chi connectivity index (χ0v) is 47.3. The molecule has 0 saturated carbocycles. The van der Waals surface area contributed by atoms with Crippen LogP contribution >= 0.6 is 0 Å². The van der Waals surface area contributed by atoms with Crippen LogP contribution < -0.4 is 10.9 Å². The molecule has 2 aliphatic rings. The fourth-order valence-electron chi connectivity index (χ4n) is 8.99. The molecule has 0 bridgehead atoms. The van der Waals surface area contributed by atoms with Crippen LogP contribution in [-0.4, -0.2) is 117 Å². The van der Waals surface area contributed by atoms with Crippen LogP contribution in [0.3, 0.4) is 0 Å². The van der Waals surface area contributed by atoms with E-state index in [1.54, 1.807) is 36.4 Å². The number of aliphatic hydroxyl groups is 2. The number of nitrogens with one attached hydrogen (secondary N) is 2. The molecule has 2 aliphatic carbocycles. The summed E-state index contributed by atoms with van der Waals surface area (Å²) in [6.45, 7) is 5.04. The van der Waals surface area contributed by atoms with Gasteiger partial charge in [-0.3, -0.25) is 54.7 Å². The topological polar surface area (TPSA) is 362 Å². The van der Waals surface area contributed by atoms with Gasteiger partial charge in [0.1, 0.15) is 44.1 Å². The summed E-state index contributed by atoms with van der Waals surface area (Å²) in [7, 11) is -9.68. The molecule has 0 spiro atoms. The number of phenols is 2. The minimum atomic E-state index is -4.84. The number of hydrogen-bond donors (Lipinski definition) is 8. The van der Waals surface area contributed by atoms with E-state index < -0.39 is 62.8 Å². The largest absolute Gasteiger partial charge is 1.00 e. The van der Waals surface area contributed by atoms with Crippen LogP contribution in [0.4, 0.5) is 22.7 Å². The van der Waals surface area contributed by atoms with E-state index in [0.717, 1.165) is 41.6 Å². The molecule has 0 atom stereocenters. The van der Waals surface area contributed by atoms with Crippen LogP contribution in [0.5, 0.6) is 11.5 Å². The van der Waals surface area contributed by atoms with Gasteiger partial charge in [-0.1, -0.05) is 125 Å². The summed E-state index contributed by atoms with van der Waals surface area (Å²) < 4.78 is 65.9. The third-order valence-corrected chi connectivity index (χ3v) is 14.8. The van der Waals surface area contributed by atoms with Crippen LogP contribution in [0.15, 0.2) is 132 Å². The number of benzene rings is 6. The number of unbranched alkanes of at least 4 members (excludes halogenated alkanes) is 9. The Morgan fingerprint density at radius 2 is 0.915 bits per heavy atom. The second kappa shape index (κ2) is 30.3. The number of fused-ring (bicyclic) bond motifs is 4. The third kappa shape index (κ3) is 17.1. The molecule has 0 heterocycles. The smallest absolute Gasteiger partial charge is 0.506 e. The molecule has 8 rings (SSSR count). The summed E-state index contributed by atoms with van der Waals surface area (Å²) in [4.78, 5) is 46.5. The number of hydrogen-bond acceptors (Lipinski definition) is 19. The number of rotatable bonds is 23. The Bertz CT molecular complexity index is 3480. The molecule has 6 aromatic rings. The molecule has 0 saturated heterocycles. The average molecular weight is 1210 g/mol. The minimum absolute atomic E-state index is 0. The first kappa shape index (κ1) is 65.0. The van der Waals surface area contributed by atoms with Crippen molar-refractivity contribution in [2.75, 3.05) is 43.7 Å². The molecule has 434 valence electrons. The number of nitro groups is 2. The van der Waals surface area contributed by atoms with Crippen molar-refractivity contribution in [3.05, 3.63) is 164 Å². The molecular formula is C56H64CrN7O16S2+3. The SMILES string of the molecule is CCCCCCCCCCCCN(CCO)CCO.O=C1C=C(S(=O)(=O)O)c2cc([N+](=O)[O-])ccc2C1=NNc1c(O)ccc2ccccc12.O=C1C=C(S(=O)(=O)O)c2cc([N+](=O)[O-])ccc2C1=NNc1c(O)ccc2ccccc12.[Cr].[H+].[H+].[H+]. The van der Waals surface area contributed by atoms with Crippen molar-refractivity contribution in [1.82, 2.24) is 4.90 Å². The summed E-state index contributed by atoms with van der Waals surface area (Å²) in [5.74, 6) is -1.96. The monoisotopic (exact) mass is 1210 g/mol. The quantitative estimate of drug-likeness (QED) is 0.00972. The maximum Gasteiger partial charge on any atom is 1.00 e. The van der Waals surface area contributed by atoms with Crippen molar-refractivity contribution in [2.45, 2.75) is 71.1 Å². The van der Waals surface area contributed by atoms with Gasteiger partial charge in [0, 0.05) is 99.9 Å². The van der Waals surface area contributed by atoms with Gasteiger partial charge in [0.2, 0.25) is 11.6 Å². The molecular weight excluding hydrogens is 1140 g/mol. The maximum atomic E-state index is 12.6. The van der Waals surface area contributed by atoms with Crippen molar-refractivity contribution in [3.8, 4) is 11.5 Å². The summed E-state index contributed by atoms with van der Waals surface area (Å²) in [6.07, 6.45) is 14.8. The van der Waals surface area contributed by atoms with Crippen LogP contribution in [0.2, 0.25) is 0 Å². The molecule has 0 unspecified atom stereocenters. The van der Waals surface area contributed by atoms with Gasteiger partial charge in [-0.2, -0.15) is 27.0 Å². The Labute approximate surface area is 487 Å². The number of anilines is 2. The fraction of sp³-hybridized carbons (Fsp3) is 0.286. The number of nitro benzene ring substituents is 2. The molecule has 6 aromatic carbocycles. The zero-order valence-electron chi connectivity index (χ0n) is 47.4. The van der Waals surface area contributed by atoms with Crippen LogP contribution in [0.25, 0.3) is 31.4 Å². The second-order valence-corrected chi connectivity index (χ2v) is 21.4. The van der Waals surface area contributed by atoms with E-state index in [4.69, 9.17) is 10.2 Å². The molecule has 26 heteroatoms. The average Bonchev–Trinajstić information content (AvgIpc) is 2.54. The number of hydrazone groups is 2. The Hall–Kier alpha value is -7.77. The molecule has 0 aliphatic heterocycles. The van der Waals surface area contributed by atoms with Crippen molar-refractivity contribution in [2.24, 2.45) is 10.2 Å². The Kier molecular flexibility index (Phi) is 24.1. The third-order valence-electron chi connectivity index (χ3n) is 13.0. The van der Waals surface area contributed by atoms with Crippen molar-refractivity contribution in [1.29, 1.82) is 0 Å². The predicted molar refractivity (Wildman–Crippen MR) is 313 cm³/mol. The van der Waals surface area contributed by atoms with Crippen molar-refractivity contribution in [3.63, 3.8) is 0 Å². The fourth-order valence-corrected chi connectivity index (χ4v) is 10.4. The first-order valence-electron chi connectivity index (χ1n) is 25.8. The van der Waals surface area contributed by atoms with Gasteiger partial charge >= 0.3 is 4.28 Å². The standard InChI is InChI=1S/2C20H13N3O7S.C16H35NO2.Cr/c2*24-16-8-5-11-3-1-2-4-13(11)19(16)21-22-20-14-7-6-12(23(26)27)9-15(14)18(10-17(20)25)31(28,29)30;1-2-3-4-5-6-7-8-9-10-11-12-17(13-15-18)14-16-19;/h2*1-10,21,24H,(H,28,29,30);18-19H,2-16H2,1H3;/p+3. The Morgan fingerprint density at radius 3 is 1.28 bits per heavy atom. The number of aliphatic hydroxyl groups excluding tert-OH is 2. The van der Waals surface area contributed by atoms with Crippen molar-refractivity contribution < 1.29 is 87.4 Å². The van der Waals surface area contributed by atoms with Gasteiger partial charge in [0.25, 0.3) is 31.6 Å². The predicted octanol–water partition coefficient (Wildman–Crippen LogP) is 9.69. The van der Waals surface area contributed by atoms with E-state index in [2.05, 4.69) is 32.9 Å². The van der Waals surface area contributed by atoms with Gasteiger partial charge in [-0.05, 0) is 48.0 Å². The number of non-ortho nitro benzene ring substituents is 2. The van der Waals surface area contributed by atoms with Crippen LogP contribution in [0.1, 0.15) is 97.7 Å². The first-order chi connectivity index (χ1) is 38.7. The van der Waals surface area contributed by atoms with Gasteiger partial charge in [-0.15, -0.1) is 0 Å². The second-order valence-electron chi connectivity index (χ2n) is 18.6. The van der Waals surface area contributed by atoms with E-state index in [1.165, 1.54) is 88.5 Å². The summed E-state index contributed by atoms with van der Waals surface area (Å²) in [5.41, 5.74) is 3.81. The normalized spacial score (nSPS) is 13.9. The Balaban J connectivity index is 0.000000439. The molecule has 0 fully saturated rings. The number of nitrogens with zero attached hydrogens (tertiary/aromatic N) is 5. The summed E-state index contributed by atoms with van der Waals surface area (Å²) >= 11 is 0. The van der Waals surface area contributed by atoms with E-state index in [9.17, 15) is 66.0 Å². The van der Waals surface area contributed by atoms with Gasteiger partial charge in [-0.25, -0.2) is 0 Å². The molecule has 23 nitrogen and oxygen atoms in total. The number of carbonyl (C=O) groups excluding carboxylic acids is 2.